The highest BCUT2D eigenvalue weighted by Gasteiger charge is 2.40. The molecule has 0 spiro atoms. The summed E-state index contributed by atoms with van der Waals surface area (Å²) in [7, 11) is 0. The third-order valence-electron chi connectivity index (χ3n) is 4.27. The van der Waals surface area contributed by atoms with Gasteiger partial charge in [0.15, 0.2) is 5.11 Å². The molecule has 4 rings (SSSR count). The van der Waals surface area contributed by atoms with Crippen LogP contribution in [-0.4, -0.2) is 15.0 Å². The standard InChI is InChI=1S/C19H16BrN3S2/c20-14-10-16(25-12-14)18-17(15-8-4-5-9-21-15)22-19(24)23(18)11-13-6-2-1-3-7-13/h1-10,12,17-18H,11H2,(H,22,24)/t17-,18-/m1/s1. The largest absolute Gasteiger partial charge is 0.352 e. The van der Waals surface area contributed by atoms with Gasteiger partial charge in [-0.1, -0.05) is 36.4 Å². The SMILES string of the molecule is S=C1N[C@H](c2ccccn2)[C@@H](c2cc(Br)cs2)N1Cc1ccccc1. The molecule has 1 saturated heterocycles. The topological polar surface area (TPSA) is 28.2 Å². The van der Waals surface area contributed by atoms with Gasteiger partial charge in [-0.3, -0.25) is 4.98 Å². The molecule has 1 aliphatic rings. The molecule has 2 aromatic heterocycles. The van der Waals surface area contributed by atoms with Gasteiger partial charge in [0.1, 0.15) is 0 Å². The van der Waals surface area contributed by atoms with Crippen LogP contribution in [0.5, 0.6) is 0 Å². The molecule has 0 amide bonds. The van der Waals surface area contributed by atoms with Gasteiger partial charge < -0.3 is 10.2 Å². The van der Waals surface area contributed by atoms with Crippen molar-refractivity contribution in [2.75, 3.05) is 0 Å². The van der Waals surface area contributed by atoms with E-state index in [1.807, 2.05) is 24.4 Å². The molecule has 25 heavy (non-hydrogen) atoms. The quantitative estimate of drug-likeness (QED) is 0.585. The number of nitrogens with zero attached hydrogens (tertiary/aromatic N) is 2. The van der Waals surface area contributed by atoms with Gasteiger partial charge in [-0.05, 0) is 51.9 Å². The number of pyridine rings is 1. The van der Waals surface area contributed by atoms with Gasteiger partial charge >= 0.3 is 0 Å². The van der Waals surface area contributed by atoms with Gasteiger partial charge in [-0.25, -0.2) is 0 Å². The Bertz CT molecular complexity index is 867. The molecule has 1 N–H and O–H groups in total. The maximum absolute atomic E-state index is 5.68. The number of hydrogen-bond donors (Lipinski definition) is 1. The Morgan fingerprint density at radius 2 is 1.96 bits per heavy atom. The third-order valence-corrected chi connectivity index (χ3v) is 6.39. The second kappa shape index (κ2) is 7.23. The molecule has 1 aliphatic heterocycles. The fourth-order valence-electron chi connectivity index (χ4n) is 3.15. The fraction of sp³-hybridized carbons (Fsp3) is 0.158. The summed E-state index contributed by atoms with van der Waals surface area (Å²) in [5.74, 6) is 0. The molecule has 6 heteroatoms. The zero-order valence-corrected chi connectivity index (χ0v) is 16.5. The van der Waals surface area contributed by atoms with Gasteiger partial charge in [0, 0.05) is 27.5 Å². The first-order chi connectivity index (χ1) is 12.2. The zero-order chi connectivity index (χ0) is 17.2. The lowest BCUT2D eigenvalue weighted by Crippen LogP contribution is -2.28. The van der Waals surface area contributed by atoms with E-state index in [1.165, 1.54) is 10.4 Å². The van der Waals surface area contributed by atoms with E-state index in [4.69, 9.17) is 12.2 Å². The predicted molar refractivity (Wildman–Crippen MR) is 109 cm³/mol. The molecule has 0 aliphatic carbocycles. The van der Waals surface area contributed by atoms with Crippen LogP contribution in [0.4, 0.5) is 0 Å². The molecule has 0 saturated carbocycles. The van der Waals surface area contributed by atoms with Crippen LogP contribution >= 0.6 is 39.5 Å². The highest BCUT2D eigenvalue weighted by molar-refractivity contribution is 9.10. The molecule has 3 heterocycles. The molecule has 1 fully saturated rings. The Balaban J connectivity index is 1.72. The lowest BCUT2D eigenvalue weighted by molar-refractivity contribution is 0.315. The maximum atomic E-state index is 5.68. The van der Waals surface area contributed by atoms with Crippen molar-refractivity contribution < 1.29 is 0 Å². The molecular formula is C19H16BrN3S2. The minimum Gasteiger partial charge on any atom is -0.352 e. The number of rotatable bonds is 4. The lowest BCUT2D eigenvalue weighted by Gasteiger charge is -2.26. The number of benzene rings is 1. The van der Waals surface area contributed by atoms with E-state index in [2.05, 4.69) is 72.9 Å². The van der Waals surface area contributed by atoms with Crippen molar-refractivity contribution in [2.45, 2.75) is 18.6 Å². The smallest absolute Gasteiger partial charge is 0.170 e. The molecule has 3 nitrogen and oxygen atoms in total. The van der Waals surface area contributed by atoms with E-state index in [-0.39, 0.29) is 12.1 Å². The van der Waals surface area contributed by atoms with Crippen molar-refractivity contribution in [3.8, 4) is 0 Å². The first-order valence-electron chi connectivity index (χ1n) is 7.98. The lowest BCUT2D eigenvalue weighted by atomic mass is 10.0. The number of hydrogen-bond acceptors (Lipinski definition) is 3. The number of halogens is 1. The van der Waals surface area contributed by atoms with Crippen molar-refractivity contribution in [3.63, 3.8) is 0 Å². The Labute approximate surface area is 164 Å². The Kier molecular flexibility index (Phi) is 4.83. The average Bonchev–Trinajstić information content (AvgIpc) is 3.20. The van der Waals surface area contributed by atoms with Crippen LogP contribution in [-0.2, 0) is 6.54 Å². The van der Waals surface area contributed by atoms with Gasteiger partial charge in [0.2, 0.25) is 0 Å². The van der Waals surface area contributed by atoms with Crippen molar-refractivity contribution >= 4 is 44.6 Å². The number of aromatic nitrogens is 1. The summed E-state index contributed by atoms with van der Waals surface area (Å²) in [6.45, 7) is 0.774. The summed E-state index contributed by atoms with van der Waals surface area (Å²) in [4.78, 5) is 8.10. The third kappa shape index (κ3) is 3.47. The summed E-state index contributed by atoms with van der Waals surface area (Å²) in [6.07, 6.45) is 1.83. The molecule has 2 atom stereocenters. The van der Waals surface area contributed by atoms with Gasteiger partial charge in [-0.2, -0.15) is 0 Å². The van der Waals surface area contributed by atoms with Gasteiger partial charge in [0.25, 0.3) is 0 Å². The molecular weight excluding hydrogens is 414 g/mol. The van der Waals surface area contributed by atoms with Crippen molar-refractivity contribution in [2.24, 2.45) is 0 Å². The summed E-state index contributed by atoms with van der Waals surface area (Å²) in [5, 5.41) is 6.37. The number of thiocarbonyl (C=S) groups is 1. The number of nitrogens with one attached hydrogen (secondary N) is 1. The van der Waals surface area contributed by atoms with Crippen LogP contribution < -0.4 is 5.32 Å². The molecule has 1 aromatic carbocycles. The molecule has 0 radical (unpaired) electrons. The summed E-state index contributed by atoms with van der Waals surface area (Å²) in [6, 6.07) is 18.8. The van der Waals surface area contributed by atoms with Gasteiger partial charge in [-0.15, -0.1) is 11.3 Å². The maximum Gasteiger partial charge on any atom is 0.170 e. The van der Waals surface area contributed by atoms with E-state index in [0.717, 1.165) is 21.8 Å². The van der Waals surface area contributed by atoms with Gasteiger partial charge in [0.05, 0.1) is 17.8 Å². The molecule has 0 unspecified atom stereocenters. The molecule has 0 bridgehead atoms. The second-order valence-corrected chi connectivity index (χ2v) is 8.15. The normalized spacial score (nSPS) is 19.9. The van der Waals surface area contributed by atoms with E-state index < -0.39 is 0 Å². The van der Waals surface area contributed by atoms with Crippen molar-refractivity contribution in [1.82, 2.24) is 15.2 Å². The summed E-state index contributed by atoms with van der Waals surface area (Å²) < 4.78 is 1.10. The van der Waals surface area contributed by atoms with Crippen LogP contribution in [0.15, 0.2) is 70.6 Å². The van der Waals surface area contributed by atoms with Crippen LogP contribution in [0.1, 0.15) is 28.2 Å². The first kappa shape index (κ1) is 16.7. The first-order valence-corrected chi connectivity index (χ1v) is 10.1. The van der Waals surface area contributed by atoms with Crippen LogP contribution in [0.3, 0.4) is 0 Å². The molecule has 126 valence electrons. The van der Waals surface area contributed by atoms with Crippen LogP contribution in [0.25, 0.3) is 0 Å². The monoisotopic (exact) mass is 429 g/mol. The van der Waals surface area contributed by atoms with E-state index in [1.54, 1.807) is 11.3 Å². The highest BCUT2D eigenvalue weighted by Crippen LogP contribution is 2.42. The Morgan fingerprint density at radius 1 is 1.16 bits per heavy atom. The molecule has 3 aromatic rings. The van der Waals surface area contributed by atoms with E-state index in [0.29, 0.717) is 0 Å². The van der Waals surface area contributed by atoms with Crippen molar-refractivity contribution in [3.05, 3.63) is 86.8 Å². The van der Waals surface area contributed by atoms with Crippen LogP contribution in [0, 0.1) is 0 Å². The minimum atomic E-state index is 0.0444. The average molecular weight is 430 g/mol. The summed E-state index contributed by atoms with van der Waals surface area (Å²) in [5.41, 5.74) is 2.25. The van der Waals surface area contributed by atoms with E-state index in [9.17, 15) is 0 Å². The highest BCUT2D eigenvalue weighted by atomic mass is 79.9. The van der Waals surface area contributed by atoms with Crippen LogP contribution in [0.2, 0.25) is 0 Å². The second-order valence-electron chi connectivity index (χ2n) is 5.91. The predicted octanol–water partition coefficient (Wildman–Crippen LogP) is 5.08. The summed E-state index contributed by atoms with van der Waals surface area (Å²) >= 11 is 11.0. The Hall–Kier alpha value is -1.76. The van der Waals surface area contributed by atoms with E-state index >= 15 is 0 Å². The fourth-order valence-corrected chi connectivity index (χ4v) is 5.05. The zero-order valence-electron chi connectivity index (χ0n) is 13.3. The number of thiophene rings is 1. The minimum absolute atomic E-state index is 0.0444. The Morgan fingerprint density at radius 3 is 2.64 bits per heavy atom. The van der Waals surface area contributed by atoms with Crippen molar-refractivity contribution in [1.29, 1.82) is 0 Å².